The van der Waals surface area contributed by atoms with E-state index in [1.54, 1.807) is 19.3 Å². The van der Waals surface area contributed by atoms with Gasteiger partial charge in [0.15, 0.2) is 0 Å². The zero-order chi connectivity index (χ0) is 11.4. The van der Waals surface area contributed by atoms with Gasteiger partial charge in [-0.3, -0.25) is 9.59 Å². The first-order valence-corrected chi connectivity index (χ1v) is 4.94. The Bertz CT molecular complexity index is 407. The summed E-state index contributed by atoms with van der Waals surface area (Å²) in [5.41, 5.74) is 0.875. The fraction of sp³-hybridized carbons (Fsp3) is 0.455. The van der Waals surface area contributed by atoms with Gasteiger partial charge in [-0.2, -0.15) is 0 Å². The molecule has 0 fully saturated rings. The maximum absolute atomic E-state index is 11.3. The molecule has 0 radical (unpaired) electrons. The SMILES string of the molecule is CC(C)C(=O)NCc1ccc(=O)n(C)c1. The van der Waals surface area contributed by atoms with E-state index in [-0.39, 0.29) is 17.4 Å². The standard InChI is InChI=1S/C11H16N2O2/c1-8(2)11(15)12-6-9-4-5-10(14)13(3)7-9/h4-5,7-8H,6H2,1-3H3,(H,12,15). The van der Waals surface area contributed by atoms with E-state index >= 15 is 0 Å². The Morgan fingerprint density at radius 2 is 2.13 bits per heavy atom. The van der Waals surface area contributed by atoms with Gasteiger partial charge in [-0.05, 0) is 5.56 Å². The van der Waals surface area contributed by atoms with Crippen molar-refractivity contribution in [2.75, 3.05) is 0 Å². The number of carbonyl (C=O) groups is 1. The quantitative estimate of drug-likeness (QED) is 0.793. The van der Waals surface area contributed by atoms with E-state index in [4.69, 9.17) is 0 Å². The maximum Gasteiger partial charge on any atom is 0.250 e. The van der Waals surface area contributed by atoms with Crippen molar-refractivity contribution in [3.63, 3.8) is 0 Å². The minimum atomic E-state index is -0.0473. The summed E-state index contributed by atoms with van der Waals surface area (Å²) in [5.74, 6) is 0.00128. The second kappa shape index (κ2) is 4.77. The van der Waals surface area contributed by atoms with Gasteiger partial charge in [0.1, 0.15) is 0 Å². The van der Waals surface area contributed by atoms with Crippen LogP contribution in [0.3, 0.4) is 0 Å². The van der Waals surface area contributed by atoms with Crippen LogP contribution >= 0.6 is 0 Å². The van der Waals surface area contributed by atoms with E-state index in [2.05, 4.69) is 5.32 Å². The summed E-state index contributed by atoms with van der Waals surface area (Å²) in [6.07, 6.45) is 1.73. The smallest absolute Gasteiger partial charge is 0.250 e. The molecule has 0 aliphatic heterocycles. The average molecular weight is 208 g/mol. The summed E-state index contributed by atoms with van der Waals surface area (Å²) in [5, 5.41) is 2.79. The monoisotopic (exact) mass is 208 g/mol. The topological polar surface area (TPSA) is 51.1 Å². The molecule has 0 aliphatic carbocycles. The summed E-state index contributed by atoms with van der Waals surface area (Å²) in [6.45, 7) is 4.15. The molecule has 0 unspecified atom stereocenters. The van der Waals surface area contributed by atoms with Gasteiger partial charge >= 0.3 is 0 Å². The van der Waals surface area contributed by atoms with Crippen molar-refractivity contribution >= 4 is 5.91 Å². The molecule has 4 heteroatoms. The molecule has 0 spiro atoms. The van der Waals surface area contributed by atoms with Gasteiger partial charge in [-0.15, -0.1) is 0 Å². The van der Waals surface area contributed by atoms with E-state index in [1.165, 1.54) is 10.6 Å². The van der Waals surface area contributed by atoms with Gasteiger partial charge in [0.25, 0.3) is 0 Å². The molecule has 1 N–H and O–H groups in total. The Hall–Kier alpha value is -1.58. The highest BCUT2D eigenvalue weighted by molar-refractivity contribution is 5.77. The first kappa shape index (κ1) is 11.5. The number of hydrogen-bond donors (Lipinski definition) is 1. The zero-order valence-electron chi connectivity index (χ0n) is 9.28. The molecule has 1 aromatic heterocycles. The number of carbonyl (C=O) groups excluding carboxylic acids is 1. The van der Waals surface area contributed by atoms with Crippen LogP contribution < -0.4 is 10.9 Å². The molecule has 0 aromatic carbocycles. The lowest BCUT2D eigenvalue weighted by molar-refractivity contribution is -0.124. The molecule has 4 nitrogen and oxygen atoms in total. The highest BCUT2D eigenvalue weighted by Crippen LogP contribution is 1.96. The van der Waals surface area contributed by atoms with Gasteiger partial charge in [0.2, 0.25) is 11.5 Å². The summed E-state index contributed by atoms with van der Waals surface area (Å²) in [4.78, 5) is 22.4. The molecule has 0 saturated carbocycles. The molecule has 1 aromatic rings. The molecule has 0 atom stereocenters. The predicted octanol–water partition coefficient (Wildman–Crippen LogP) is 0.657. The highest BCUT2D eigenvalue weighted by atomic mass is 16.1. The second-order valence-electron chi connectivity index (χ2n) is 3.86. The van der Waals surface area contributed by atoms with Crippen molar-refractivity contribution in [3.8, 4) is 0 Å². The van der Waals surface area contributed by atoms with Crippen molar-refractivity contribution in [1.82, 2.24) is 9.88 Å². The van der Waals surface area contributed by atoms with Crippen LogP contribution in [0.25, 0.3) is 0 Å². The van der Waals surface area contributed by atoms with Crippen LogP contribution in [0.5, 0.6) is 0 Å². The third-order valence-electron chi connectivity index (χ3n) is 2.14. The van der Waals surface area contributed by atoms with Gasteiger partial charge in [-0.1, -0.05) is 19.9 Å². The third-order valence-corrected chi connectivity index (χ3v) is 2.14. The maximum atomic E-state index is 11.3. The summed E-state index contributed by atoms with van der Waals surface area (Å²) >= 11 is 0. The average Bonchev–Trinajstić information content (AvgIpc) is 2.19. The molecule has 1 heterocycles. The van der Waals surface area contributed by atoms with Crippen LogP contribution in [0.1, 0.15) is 19.4 Å². The van der Waals surface area contributed by atoms with Gasteiger partial charge in [-0.25, -0.2) is 0 Å². The van der Waals surface area contributed by atoms with Gasteiger partial charge in [0.05, 0.1) is 0 Å². The summed E-state index contributed by atoms with van der Waals surface area (Å²) < 4.78 is 1.50. The van der Waals surface area contributed by atoms with Crippen LogP contribution in [0.2, 0.25) is 0 Å². The Kier molecular flexibility index (Phi) is 3.66. The van der Waals surface area contributed by atoms with Crippen molar-refractivity contribution in [2.45, 2.75) is 20.4 Å². The largest absolute Gasteiger partial charge is 0.352 e. The van der Waals surface area contributed by atoms with Crippen molar-refractivity contribution < 1.29 is 4.79 Å². The van der Waals surface area contributed by atoms with E-state index in [1.807, 2.05) is 13.8 Å². The lowest BCUT2D eigenvalue weighted by Gasteiger charge is -2.08. The molecular weight excluding hydrogens is 192 g/mol. The van der Waals surface area contributed by atoms with Crippen molar-refractivity contribution in [2.24, 2.45) is 13.0 Å². The molecule has 82 valence electrons. The molecular formula is C11H16N2O2. The van der Waals surface area contributed by atoms with Gasteiger partial charge < -0.3 is 9.88 Å². The summed E-state index contributed by atoms with van der Waals surface area (Å²) in [6, 6.07) is 3.22. The lowest BCUT2D eigenvalue weighted by Crippen LogP contribution is -2.27. The molecule has 1 rings (SSSR count). The predicted molar refractivity (Wildman–Crippen MR) is 58.4 cm³/mol. The second-order valence-corrected chi connectivity index (χ2v) is 3.86. The Morgan fingerprint density at radius 3 is 2.67 bits per heavy atom. The van der Waals surface area contributed by atoms with Crippen molar-refractivity contribution in [1.29, 1.82) is 0 Å². The number of pyridine rings is 1. The minimum Gasteiger partial charge on any atom is -0.352 e. The van der Waals surface area contributed by atoms with Crippen LogP contribution in [-0.4, -0.2) is 10.5 Å². The molecule has 15 heavy (non-hydrogen) atoms. The molecule has 0 bridgehead atoms. The fourth-order valence-corrected chi connectivity index (χ4v) is 1.15. The van der Waals surface area contributed by atoms with E-state index in [9.17, 15) is 9.59 Å². The molecule has 0 saturated heterocycles. The number of hydrogen-bond acceptors (Lipinski definition) is 2. The number of nitrogens with zero attached hydrogens (tertiary/aromatic N) is 1. The van der Waals surface area contributed by atoms with Crippen LogP contribution in [0.15, 0.2) is 23.1 Å². The van der Waals surface area contributed by atoms with E-state index < -0.39 is 0 Å². The Morgan fingerprint density at radius 1 is 1.47 bits per heavy atom. The number of nitrogens with one attached hydrogen (secondary N) is 1. The van der Waals surface area contributed by atoms with Crippen LogP contribution in [0.4, 0.5) is 0 Å². The first-order chi connectivity index (χ1) is 7.00. The first-order valence-electron chi connectivity index (χ1n) is 4.94. The van der Waals surface area contributed by atoms with Crippen molar-refractivity contribution in [3.05, 3.63) is 34.2 Å². The third kappa shape index (κ3) is 3.23. The number of aryl methyl sites for hydroxylation is 1. The van der Waals surface area contributed by atoms with E-state index in [0.717, 1.165) is 5.56 Å². The lowest BCUT2D eigenvalue weighted by atomic mass is 10.2. The minimum absolute atomic E-state index is 0.0162. The molecule has 0 aliphatic rings. The Balaban J connectivity index is 2.62. The van der Waals surface area contributed by atoms with Gasteiger partial charge in [0, 0.05) is 31.8 Å². The summed E-state index contributed by atoms with van der Waals surface area (Å²) in [7, 11) is 1.69. The number of rotatable bonds is 3. The fourth-order valence-electron chi connectivity index (χ4n) is 1.15. The normalized spacial score (nSPS) is 10.4. The van der Waals surface area contributed by atoms with Crippen LogP contribution in [0, 0.1) is 5.92 Å². The van der Waals surface area contributed by atoms with E-state index in [0.29, 0.717) is 6.54 Å². The number of aromatic nitrogens is 1. The number of amides is 1. The molecule has 1 amide bonds. The highest BCUT2D eigenvalue weighted by Gasteiger charge is 2.05. The van der Waals surface area contributed by atoms with Crippen LogP contribution in [-0.2, 0) is 18.4 Å². The zero-order valence-corrected chi connectivity index (χ0v) is 9.28. The Labute approximate surface area is 88.9 Å².